The minimum Gasteiger partial charge on any atom is -0.431 e. The second kappa shape index (κ2) is 4.92. The number of rotatable bonds is 2. The second-order valence-electron chi connectivity index (χ2n) is 4.53. The highest BCUT2D eigenvalue weighted by molar-refractivity contribution is 6.30. The molecule has 0 spiro atoms. The van der Waals surface area contributed by atoms with Gasteiger partial charge in [-0.1, -0.05) is 31.5 Å². The van der Waals surface area contributed by atoms with Gasteiger partial charge in [0, 0.05) is 11.4 Å². The summed E-state index contributed by atoms with van der Waals surface area (Å²) in [5, 5.41) is 0.750. The van der Waals surface area contributed by atoms with E-state index < -0.39 is 0 Å². The van der Waals surface area contributed by atoms with E-state index in [0.29, 0.717) is 0 Å². The minimum absolute atomic E-state index is 0.0949. The van der Waals surface area contributed by atoms with Crippen molar-refractivity contribution in [1.29, 1.82) is 0 Å². The Bertz CT molecular complexity index is 475. The average molecular weight is 251 g/mol. The smallest absolute Gasteiger partial charge is 0.313 e. The number of benzene rings is 1. The molecule has 0 amide bonds. The summed E-state index contributed by atoms with van der Waals surface area (Å²) in [7, 11) is 0. The zero-order valence-electron chi connectivity index (χ0n) is 10.00. The molecule has 0 saturated heterocycles. The van der Waals surface area contributed by atoms with Gasteiger partial charge >= 0.3 is 5.97 Å². The molecule has 2 rings (SSSR count). The molecule has 1 aromatic rings. The lowest BCUT2D eigenvalue weighted by atomic mass is 9.96. The van der Waals surface area contributed by atoms with Crippen LogP contribution in [0.5, 0.6) is 0 Å². The summed E-state index contributed by atoms with van der Waals surface area (Å²) in [5.41, 5.74) is 2.30. The Morgan fingerprint density at radius 1 is 1.35 bits per heavy atom. The van der Waals surface area contributed by atoms with E-state index in [9.17, 15) is 4.79 Å². The van der Waals surface area contributed by atoms with Crippen molar-refractivity contribution in [3.8, 4) is 0 Å². The van der Waals surface area contributed by atoms with Gasteiger partial charge in [0.15, 0.2) is 0 Å². The van der Waals surface area contributed by atoms with E-state index in [0.717, 1.165) is 29.2 Å². The maximum Gasteiger partial charge on any atom is 0.313 e. The molecule has 0 radical (unpaired) electrons. The van der Waals surface area contributed by atoms with E-state index in [1.807, 2.05) is 38.1 Å². The maximum atomic E-state index is 11.5. The van der Waals surface area contributed by atoms with Crippen LogP contribution in [0.1, 0.15) is 31.4 Å². The molecule has 0 saturated carbocycles. The summed E-state index contributed by atoms with van der Waals surface area (Å²) < 4.78 is 5.33. The van der Waals surface area contributed by atoms with Gasteiger partial charge in [0.2, 0.25) is 0 Å². The van der Waals surface area contributed by atoms with Crippen LogP contribution in [0.3, 0.4) is 0 Å². The molecule has 1 aromatic carbocycles. The summed E-state index contributed by atoms with van der Waals surface area (Å²) in [6, 6.07) is 5.78. The monoisotopic (exact) mass is 250 g/mol. The second-order valence-corrected chi connectivity index (χ2v) is 4.97. The molecule has 17 heavy (non-hydrogen) atoms. The van der Waals surface area contributed by atoms with Gasteiger partial charge in [-0.05, 0) is 35.8 Å². The Labute approximate surface area is 106 Å². The van der Waals surface area contributed by atoms with E-state index >= 15 is 0 Å². The molecular weight excluding hydrogens is 236 g/mol. The van der Waals surface area contributed by atoms with Crippen molar-refractivity contribution in [2.45, 2.75) is 26.7 Å². The highest BCUT2D eigenvalue weighted by atomic mass is 35.5. The first kappa shape index (κ1) is 12.2. The number of allylic oxidation sites excluding steroid dienone is 1. The number of esters is 1. The Balaban J connectivity index is 2.18. The van der Waals surface area contributed by atoms with E-state index in [4.69, 9.17) is 16.3 Å². The van der Waals surface area contributed by atoms with E-state index in [1.54, 1.807) is 0 Å². The number of halogens is 1. The lowest BCUT2D eigenvalue weighted by Gasteiger charge is -2.17. The fraction of sp³-hybridized carbons (Fsp3) is 0.357. The lowest BCUT2D eigenvalue weighted by Crippen LogP contribution is -2.13. The van der Waals surface area contributed by atoms with Crippen molar-refractivity contribution in [3.63, 3.8) is 0 Å². The summed E-state index contributed by atoms with van der Waals surface area (Å²) in [5.74, 6) is 0.481. The summed E-state index contributed by atoms with van der Waals surface area (Å²) in [6.07, 6.45) is 3.55. The predicted octanol–water partition coefficient (Wildman–Crippen LogP) is 3.83. The van der Waals surface area contributed by atoms with Crippen LogP contribution in [0.15, 0.2) is 24.0 Å². The zero-order valence-corrected chi connectivity index (χ0v) is 10.8. The molecule has 0 fully saturated rings. The Hall–Kier alpha value is -1.28. The Morgan fingerprint density at radius 3 is 2.82 bits per heavy atom. The van der Waals surface area contributed by atoms with Crippen LogP contribution in [-0.4, -0.2) is 5.97 Å². The average Bonchev–Trinajstić information content (AvgIpc) is 2.29. The van der Waals surface area contributed by atoms with Crippen LogP contribution in [-0.2, 0) is 16.0 Å². The first-order valence-corrected chi connectivity index (χ1v) is 6.15. The largest absolute Gasteiger partial charge is 0.431 e. The maximum absolute atomic E-state index is 11.5. The number of fused-ring (bicyclic) bond motifs is 1. The fourth-order valence-electron chi connectivity index (χ4n) is 1.76. The van der Waals surface area contributed by atoms with Gasteiger partial charge in [0.05, 0.1) is 5.92 Å². The molecule has 0 bridgehead atoms. The van der Waals surface area contributed by atoms with Gasteiger partial charge in [0.25, 0.3) is 0 Å². The van der Waals surface area contributed by atoms with Crippen LogP contribution in [0, 0.1) is 5.92 Å². The van der Waals surface area contributed by atoms with Crippen molar-refractivity contribution in [1.82, 2.24) is 0 Å². The number of aryl methyl sites for hydroxylation is 1. The number of hydrogen-bond acceptors (Lipinski definition) is 2. The quantitative estimate of drug-likeness (QED) is 0.746. The molecule has 1 aliphatic carbocycles. The van der Waals surface area contributed by atoms with Crippen LogP contribution in [0.25, 0.3) is 6.08 Å². The summed E-state index contributed by atoms with van der Waals surface area (Å²) in [6.45, 7) is 3.67. The molecule has 3 heteroatoms. The topological polar surface area (TPSA) is 26.3 Å². The molecule has 1 aliphatic rings. The molecule has 0 atom stereocenters. The van der Waals surface area contributed by atoms with E-state index in [-0.39, 0.29) is 11.9 Å². The predicted molar refractivity (Wildman–Crippen MR) is 68.7 cm³/mol. The van der Waals surface area contributed by atoms with Crippen molar-refractivity contribution in [2.24, 2.45) is 5.92 Å². The lowest BCUT2D eigenvalue weighted by molar-refractivity contribution is -0.143. The first-order chi connectivity index (χ1) is 8.06. The van der Waals surface area contributed by atoms with Crippen molar-refractivity contribution >= 4 is 23.6 Å². The van der Waals surface area contributed by atoms with Crippen LogP contribution in [0.4, 0.5) is 0 Å². The van der Waals surface area contributed by atoms with Crippen LogP contribution >= 0.6 is 11.6 Å². The summed E-state index contributed by atoms with van der Waals surface area (Å²) in [4.78, 5) is 11.5. The molecule has 90 valence electrons. The number of hydrogen-bond donors (Lipinski definition) is 0. The molecule has 0 unspecified atom stereocenters. The van der Waals surface area contributed by atoms with Gasteiger partial charge in [0.1, 0.15) is 5.76 Å². The minimum atomic E-state index is -0.173. The van der Waals surface area contributed by atoms with Crippen molar-refractivity contribution < 1.29 is 9.53 Å². The fourth-order valence-corrected chi connectivity index (χ4v) is 1.96. The molecule has 0 N–H and O–H groups in total. The summed E-state index contributed by atoms with van der Waals surface area (Å²) >= 11 is 5.93. The number of carbonyl (C=O) groups is 1. The third-order valence-electron chi connectivity index (χ3n) is 2.77. The zero-order chi connectivity index (χ0) is 12.4. The molecule has 0 aliphatic heterocycles. The van der Waals surface area contributed by atoms with Gasteiger partial charge < -0.3 is 4.74 Å². The third-order valence-corrected chi connectivity index (χ3v) is 3.00. The number of carbonyl (C=O) groups excluding carboxylic acids is 1. The highest BCUT2D eigenvalue weighted by Crippen LogP contribution is 2.27. The Morgan fingerprint density at radius 2 is 2.12 bits per heavy atom. The highest BCUT2D eigenvalue weighted by Gasteiger charge is 2.16. The Kier molecular flexibility index (Phi) is 3.53. The third kappa shape index (κ3) is 2.89. The SMILES string of the molecule is CC(C)C(=O)OC1=Cc2ccc(Cl)cc2CC1. The van der Waals surface area contributed by atoms with Gasteiger partial charge in [-0.15, -0.1) is 0 Å². The molecule has 2 nitrogen and oxygen atoms in total. The number of ether oxygens (including phenoxy) is 1. The molecular formula is C14H15ClO2. The van der Waals surface area contributed by atoms with Crippen LogP contribution < -0.4 is 0 Å². The normalized spacial score (nSPS) is 14.2. The van der Waals surface area contributed by atoms with Gasteiger partial charge in [-0.25, -0.2) is 0 Å². The van der Waals surface area contributed by atoms with Crippen molar-refractivity contribution in [3.05, 3.63) is 40.1 Å². The van der Waals surface area contributed by atoms with Crippen LogP contribution in [0.2, 0.25) is 5.02 Å². The van der Waals surface area contributed by atoms with Gasteiger partial charge in [-0.3, -0.25) is 4.79 Å². The standard InChI is InChI=1S/C14H15ClO2/c1-9(2)14(16)17-13-6-4-10-7-12(15)5-3-11(10)8-13/h3,5,7-9H,4,6H2,1-2H3. The van der Waals surface area contributed by atoms with E-state index in [1.165, 1.54) is 5.56 Å². The molecule has 0 aromatic heterocycles. The van der Waals surface area contributed by atoms with Gasteiger partial charge in [-0.2, -0.15) is 0 Å². The first-order valence-electron chi connectivity index (χ1n) is 5.77. The van der Waals surface area contributed by atoms with E-state index in [2.05, 4.69) is 0 Å². The molecule has 0 heterocycles. The van der Waals surface area contributed by atoms with Crippen molar-refractivity contribution in [2.75, 3.05) is 0 Å².